The van der Waals surface area contributed by atoms with Crippen molar-refractivity contribution in [1.29, 1.82) is 0 Å². The minimum absolute atomic E-state index is 0.222. The van der Waals surface area contributed by atoms with Crippen LogP contribution in [0.3, 0.4) is 0 Å². The first-order chi connectivity index (χ1) is 8.92. The van der Waals surface area contributed by atoms with E-state index < -0.39 is 11.9 Å². The predicted molar refractivity (Wildman–Crippen MR) is 76.3 cm³/mol. The van der Waals surface area contributed by atoms with Crippen LogP contribution in [0.2, 0.25) is 0 Å². The van der Waals surface area contributed by atoms with Crippen molar-refractivity contribution in [3.63, 3.8) is 0 Å². The topological polar surface area (TPSA) is 94.8 Å². The molecule has 0 bridgehead atoms. The van der Waals surface area contributed by atoms with Gasteiger partial charge in [-0.2, -0.15) is 0 Å². The molecule has 0 atom stereocenters. The highest BCUT2D eigenvalue weighted by molar-refractivity contribution is 5.66. The number of rotatable bonds is 2. The Morgan fingerprint density at radius 3 is 1.11 bits per heavy atom. The lowest BCUT2D eigenvalue weighted by Crippen LogP contribution is -1.86. The average Bonchev–Trinajstić information content (AvgIpc) is 2.41. The van der Waals surface area contributed by atoms with Gasteiger partial charge in [-0.3, -0.25) is 9.59 Å². The van der Waals surface area contributed by atoms with Gasteiger partial charge in [-0.1, -0.05) is 52.4 Å². The molecule has 0 heterocycles. The van der Waals surface area contributed by atoms with Crippen molar-refractivity contribution in [1.82, 2.24) is 0 Å². The van der Waals surface area contributed by atoms with Crippen molar-refractivity contribution in [3.05, 3.63) is 0 Å². The lowest BCUT2D eigenvalue weighted by molar-refractivity contribution is -0.137. The fraction of sp³-hybridized carbons (Fsp3) is 0.857. The van der Waals surface area contributed by atoms with Gasteiger partial charge in [-0.05, 0) is 6.42 Å². The van der Waals surface area contributed by atoms with E-state index in [1.54, 1.807) is 6.92 Å². The molecule has 0 saturated heterocycles. The summed E-state index contributed by atoms with van der Waals surface area (Å²) in [4.78, 5) is 18.4. The Hall–Kier alpha value is -1.10. The second-order valence-electron chi connectivity index (χ2n) is 4.11. The smallest absolute Gasteiger partial charge is 0.303 e. The van der Waals surface area contributed by atoms with Gasteiger partial charge in [0.2, 0.25) is 0 Å². The van der Waals surface area contributed by atoms with E-state index in [-0.39, 0.29) is 6.42 Å². The number of hydrogen-bond acceptors (Lipinski definition) is 3. The first-order valence-electron chi connectivity index (χ1n) is 6.94. The number of aliphatic carboxylic acids is 2. The van der Waals surface area contributed by atoms with Gasteiger partial charge >= 0.3 is 5.97 Å². The summed E-state index contributed by atoms with van der Waals surface area (Å²) in [6.45, 7) is 4.93. The van der Waals surface area contributed by atoms with Crippen molar-refractivity contribution >= 4 is 11.9 Å². The highest BCUT2D eigenvalue weighted by Crippen LogP contribution is 2.15. The Bertz CT molecular complexity index is 171. The molecule has 0 aromatic carbocycles. The first kappa shape index (κ1) is 23.0. The van der Waals surface area contributed by atoms with Gasteiger partial charge in [-0.15, -0.1) is 0 Å². The van der Waals surface area contributed by atoms with Gasteiger partial charge in [0.25, 0.3) is 5.97 Å². The Morgan fingerprint density at radius 2 is 1.05 bits per heavy atom. The molecule has 0 amide bonds. The molecule has 1 fully saturated rings. The third kappa shape index (κ3) is 60.1. The standard InChI is InChI=1S/C6H12.C3H6O2.C3H8O.C2H4O2/c1-2-4-6-5-3-1;1-2-3(4)5;1-2-3-4;1-2(3)4/h1-6H2;2H2,1H3,(H,4,5);4H,2-3H2,1H3;1H3,(H,3,4). The second kappa shape index (κ2) is 22.1. The molecule has 5 heteroatoms. The van der Waals surface area contributed by atoms with Gasteiger partial charge in [0.15, 0.2) is 0 Å². The lowest BCUT2D eigenvalue weighted by atomic mass is 10.0. The third-order valence-corrected chi connectivity index (χ3v) is 2.03. The summed E-state index contributed by atoms with van der Waals surface area (Å²) in [5.41, 5.74) is 0. The fourth-order valence-electron chi connectivity index (χ4n) is 1.06. The van der Waals surface area contributed by atoms with Crippen molar-refractivity contribution in [2.45, 2.75) is 72.1 Å². The van der Waals surface area contributed by atoms with Crippen LogP contribution in [0.4, 0.5) is 0 Å². The van der Waals surface area contributed by atoms with Crippen molar-refractivity contribution in [2.24, 2.45) is 0 Å². The molecule has 116 valence electrons. The number of aliphatic hydroxyl groups is 1. The molecule has 0 aromatic heterocycles. The first-order valence-corrected chi connectivity index (χ1v) is 6.94. The maximum absolute atomic E-state index is 9.37. The molecule has 5 nitrogen and oxygen atoms in total. The van der Waals surface area contributed by atoms with Crippen LogP contribution in [0.25, 0.3) is 0 Å². The highest BCUT2D eigenvalue weighted by Gasteiger charge is 1.95. The minimum Gasteiger partial charge on any atom is -0.481 e. The van der Waals surface area contributed by atoms with Crippen molar-refractivity contribution in [3.8, 4) is 0 Å². The number of aliphatic hydroxyl groups excluding tert-OH is 1. The molecule has 0 unspecified atom stereocenters. The molecule has 0 aromatic rings. The largest absolute Gasteiger partial charge is 0.481 e. The van der Waals surface area contributed by atoms with Gasteiger partial charge in [0.1, 0.15) is 0 Å². The van der Waals surface area contributed by atoms with Gasteiger partial charge < -0.3 is 15.3 Å². The molecule has 0 aliphatic heterocycles. The molecule has 1 aliphatic carbocycles. The maximum atomic E-state index is 9.37. The summed E-state index contributed by atoms with van der Waals surface area (Å²) in [6.07, 6.45) is 10.1. The van der Waals surface area contributed by atoms with E-state index in [0.717, 1.165) is 13.3 Å². The van der Waals surface area contributed by atoms with Gasteiger partial charge in [0, 0.05) is 20.0 Å². The lowest BCUT2D eigenvalue weighted by Gasteiger charge is -2.05. The van der Waals surface area contributed by atoms with Gasteiger partial charge in [0.05, 0.1) is 0 Å². The predicted octanol–water partition coefficient (Wildman–Crippen LogP) is 3.30. The number of carbonyl (C=O) groups is 2. The zero-order valence-electron chi connectivity index (χ0n) is 12.5. The van der Waals surface area contributed by atoms with E-state index in [9.17, 15) is 4.79 Å². The maximum Gasteiger partial charge on any atom is 0.303 e. The summed E-state index contributed by atoms with van der Waals surface area (Å²) in [7, 11) is 0. The Balaban J connectivity index is -0.000000184. The molecule has 1 rings (SSSR count). The van der Waals surface area contributed by atoms with Crippen LogP contribution in [0, 0.1) is 0 Å². The monoisotopic (exact) mass is 278 g/mol. The summed E-state index contributed by atoms with van der Waals surface area (Å²) >= 11 is 0. The number of carboxylic acid groups (broad SMARTS) is 2. The molecule has 0 spiro atoms. The van der Waals surface area contributed by atoms with E-state index >= 15 is 0 Å². The van der Waals surface area contributed by atoms with Crippen LogP contribution in [0.1, 0.15) is 72.1 Å². The zero-order chi connectivity index (χ0) is 15.5. The molecule has 3 N–H and O–H groups in total. The van der Waals surface area contributed by atoms with E-state index in [1.807, 2.05) is 6.92 Å². The highest BCUT2D eigenvalue weighted by atomic mass is 16.4. The number of hydrogen-bond donors (Lipinski definition) is 3. The van der Waals surface area contributed by atoms with E-state index in [4.69, 9.17) is 20.1 Å². The fourth-order valence-corrected chi connectivity index (χ4v) is 1.06. The van der Waals surface area contributed by atoms with E-state index in [0.29, 0.717) is 6.61 Å². The second-order valence-corrected chi connectivity index (χ2v) is 4.11. The summed E-state index contributed by atoms with van der Waals surface area (Å²) < 4.78 is 0. The SMILES string of the molecule is C1CCCCC1.CC(=O)O.CCC(=O)O.CCCO. The number of carboxylic acids is 2. The van der Waals surface area contributed by atoms with Crippen molar-refractivity contribution in [2.75, 3.05) is 6.61 Å². The minimum atomic E-state index is -0.833. The van der Waals surface area contributed by atoms with Crippen LogP contribution in [-0.2, 0) is 9.59 Å². The van der Waals surface area contributed by atoms with Crippen LogP contribution in [0.5, 0.6) is 0 Å². The summed E-state index contributed by atoms with van der Waals surface area (Å²) in [6, 6.07) is 0. The van der Waals surface area contributed by atoms with Crippen LogP contribution in [-0.4, -0.2) is 33.9 Å². The molecule has 0 radical (unpaired) electrons. The van der Waals surface area contributed by atoms with Crippen molar-refractivity contribution < 1.29 is 24.9 Å². The van der Waals surface area contributed by atoms with Crippen LogP contribution in [0.15, 0.2) is 0 Å². The zero-order valence-corrected chi connectivity index (χ0v) is 12.5. The molecule has 1 saturated carbocycles. The Kier molecular flexibility index (Phi) is 26.8. The molecule has 19 heavy (non-hydrogen) atoms. The van der Waals surface area contributed by atoms with Gasteiger partial charge in [-0.25, -0.2) is 0 Å². The molecule has 1 aliphatic rings. The third-order valence-electron chi connectivity index (χ3n) is 2.03. The van der Waals surface area contributed by atoms with Crippen LogP contribution >= 0.6 is 0 Å². The molecular weight excluding hydrogens is 248 g/mol. The van der Waals surface area contributed by atoms with E-state index in [1.165, 1.54) is 38.5 Å². The summed E-state index contributed by atoms with van der Waals surface area (Å²) in [5, 5.41) is 23.0. The Morgan fingerprint density at radius 1 is 0.895 bits per heavy atom. The Labute approximate surface area is 116 Å². The normalized spacial score (nSPS) is 12.4. The quantitative estimate of drug-likeness (QED) is 0.720. The average molecular weight is 278 g/mol. The summed E-state index contributed by atoms with van der Waals surface area (Å²) in [5.74, 6) is -1.58. The van der Waals surface area contributed by atoms with E-state index in [2.05, 4.69) is 0 Å². The van der Waals surface area contributed by atoms with Crippen LogP contribution < -0.4 is 0 Å². The molecular formula is C14H30O5.